The first-order valence-electron chi connectivity index (χ1n) is 8.71. The van der Waals surface area contributed by atoms with Gasteiger partial charge in [0.2, 0.25) is 0 Å². The number of nitrogens with one attached hydrogen (secondary N) is 1. The lowest BCUT2D eigenvalue weighted by Gasteiger charge is -2.08. The van der Waals surface area contributed by atoms with Crippen LogP contribution in [-0.2, 0) is 4.79 Å². The summed E-state index contributed by atoms with van der Waals surface area (Å²) in [7, 11) is 0. The number of anilines is 1. The van der Waals surface area contributed by atoms with Crippen molar-refractivity contribution in [2.24, 2.45) is 0 Å². The van der Waals surface area contributed by atoms with Gasteiger partial charge in [0.15, 0.2) is 6.61 Å². The molecule has 27 heavy (non-hydrogen) atoms. The Morgan fingerprint density at radius 3 is 2.74 bits per heavy atom. The monoisotopic (exact) mass is 357 g/mol. The smallest absolute Gasteiger partial charge is 0.262 e. The number of rotatable bonds is 5. The molecular weight excluding hydrogens is 338 g/mol. The molecule has 1 N–H and O–H groups in total. The van der Waals surface area contributed by atoms with E-state index in [9.17, 15) is 4.79 Å². The molecule has 0 saturated carbocycles. The maximum atomic E-state index is 12.2. The fourth-order valence-electron chi connectivity index (χ4n) is 2.81. The number of imidazole rings is 1. The van der Waals surface area contributed by atoms with E-state index in [1.54, 1.807) is 0 Å². The first-order valence-corrected chi connectivity index (χ1v) is 8.71. The highest BCUT2D eigenvalue weighted by Gasteiger charge is 2.07. The summed E-state index contributed by atoms with van der Waals surface area (Å²) >= 11 is 0. The molecule has 0 fully saturated rings. The number of amides is 1. The highest BCUT2D eigenvalue weighted by molar-refractivity contribution is 5.92. The molecule has 5 nitrogen and oxygen atoms in total. The summed E-state index contributed by atoms with van der Waals surface area (Å²) < 4.78 is 7.49. The van der Waals surface area contributed by atoms with Crippen molar-refractivity contribution >= 4 is 17.2 Å². The van der Waals surface area contributed by atoms with Crippen molar-refractivity contribution in [2.75, 3.05) is 11.9 Å². The van der Waals surface area contributed by atoms with Crippen LogP contribution >= 0.6 is 0 Å². The number of pyridine rings is 1. The standard InChI is InChI=1S/C22H19N3O2/c1-16-8-10-19(11-9-16)27-15-22(26)23-18-6-4-5-17(13-18)20-14-25-12-3-2-7-21(25)24-20/h2-14H,15H2,1H3,(H,23,26). The molecule has 0 aliphatic rings. The minimum absolute atomic E-state index is 0.0400. The van der Waals surface area contributed by atoms with Gasteiger partial charge in [-0.25, -0.2) is 4.98 Å². The first-order chi connectivity index (χ1) is 13.2. The predicted molar refractivity (Wildman–Crippen MR) is 106 cm³/mol. The van der Waals surface area contributed by atoms with Crippen molar-refractivity contribution in [3.63, 3.8) is 0 Å². The fourth-order valence-corrected chi connectivity index (χ4v) is 2.81. The van der Waals surface area contributed by atoms with Gasteiger partial charge in [-0.3, -0.25) is 4.79 Å². The number of hydrogen-bond acceptors (Lipinski definition) is 3. The van der Waals surface area contributed by atoms with Crippen LogP contribution in [-0.4, -0.2) is 21.9 Å². The summed E-state index contributed by atoms with van der Waals surface area (Å²) in [6, 6.07) is 21.1. The van der Waals surface area contributed by atoms with E-state index in [0.29, 0.717) is 11.4 Å². The lowest BCUT2D eigenvalue weighted by Crippen LogP contribution is -2.20. The summed E-state index contributed by atoms with van der Waals surface area (Å²) in [5, 5.41) is 2.87. The van der Waals surface area contributed by atoms with Crippen LogP contribution in [0.4, 0.5) is 5.69 Å². The Kier molecular flexibility index (Phi) is 4.58. The number of hydrogen-bond donors (Lipinski definition) is 1. The van der Waals surface area contributed by atoms with Crippen LogP contribution in [0.25, 0.3) is 16.9 Å². The minimum atomic E-state index is -0.206. The van der Waals surface area contributed by atoms with E-state index in [1.807, 2.05) is 90.4 Å². The van der Waals surface area contributed by atoms with E-state index in [1.165, 1.54) is 0 Å². The van der Waals surface area contributed by atoms with Crippen molar-refractivity contribution in [3.8, 4) is 17.0 Å². The van der Waals surface area contributed by atoms with Crippen LogP contribution in [0.15, 0.2) is 79.1 Å². The Hall–Kier alpha value is -3.60. The molecule has 0 spiro atoms. The lowest BCUT2D eigenvalue weighted by atomic mass is 10.1. The molecule has 0 saturated heterocycles. The lowest BCUT2D eigenvalue weighted by molar-refractivity contribution is -0.118. The van der Waals surface area contributed by atoms with Crippen molar-refractivity contribution in [1.82, 2.24) is 9.38 Å². The Morgan fingerprint density at radius 2 is 1.93 bits per heavy atom. The molecule has 2 heterocycles. The zero-order chi connectivity index (χ0) is 18.6. The van der Waals surface area contributed by atoms with Crippen molar-refractivity contribution in [1.29, 1.82) is 0 Å². The number of carbonyl (C=O) groups excluding carboxylic acids is 1. The molecule has 2 aromatic heterocycles. The highest BCUT2D eigenvalue weighted by Crippen LogP contribution is 2.22. The topological polar surface area (TPSA) is 55.6 Å². The number of aryl methyl sites for hydroxylation is 1. The molecule has 0 aliphatic carbocycles. The molecule has 0 unspecified atom stereocenters. The molecule has 0 radical (unpaired) electrons. The molecule has 5 heteroatoms. The summed E-state index contributed by atoms with van der Waals surface area (Å²) in [5.41, 5.74) is 4.54. The van der Waals surface area contributed by atoms with Gasteiger partial charge in [-0.2, -0.15) is 0 Å². The van der Waals surface area contributed by atoms with Crippen LogP contribution < -0.4 is 10.1 Å². The first kappa shape index (κ1) is 16.8. The van der Waals surface area contributed by atoms with Crippen molar-refractivity contribution < 1.29 is 9.53 Å². The third kappa shape index (κ3) is 3.98. The van der Waals surface area contributed by atoms with E-state index in [-0.39, 0.29) is 12.5 Å². The molecule has 4 rings (SSSR count). The number of fused-ring (bicyclic) bond motifs is 1. The summed E-state index contributed by atoms with van der Waals surface area (Å²) in [6.45, 7) is 1.97. The quantitative estimate of drug-likeness (QED) is 0.578. The average molecular weight is 357 g/mol. The maximum absolute atomic E-state index is 12.2. The van der Waals surface area contributed by atoms with Crippen LogP contribution in [0.2, 0.25) is 0 Å². The minimum Gasteiger partial charge on any atom is -0.484 e. The van der Waals surface area contributed by atoms with Crippen molar-refractivity contribution in [3.05, 3.63) is 84.7 Å². The molecule has 2 aromatic carbocycles. The van der Waals surface area contributed by atoms with Gasteiger partial charge in [-0.05, 0) is 43.3 Å². The Labute approximate surface area is 157 Å². The fraction of sp³-hybridized carbons (Fsp3) is 0.0909. The third-order valence-corrected chi connectivity index (χ3v) is 4.20. The van der Waals surface area contributed by atoms with Crippen LogP contribution in [0, 0.1) is 6.92 Å². The summed E-state index contributed by atoms with van der Waals surface area (Å²) in [4.78, 5) is 16.8. The van der Waals surface area contributed by atoms with Gasteiger partial charge in [0.05, 0.1) is 5.69 Å². The molecule has 0 bridgehead atoms. The SMILES string of the molecule is Cc1ccc(OCC(=O)Nc2cccc(-c3cn4ccccc4n3)c2)cc1. The summed E-state index contributed by atoms with van der Waals surface area (Å²) in [6.07, 6.45) is 3.93. The van der Waals surface area contributed by atoms with Crippen LogP contribution in [0.5, 0.6) is 5.75 Å². The largest absolute Gasteiger partial charge is 0.484 e. The number of carbonyl (C=O) groups is 1. The van der Waals surface area contributed by atoms with Gasteiger partial charge in [-0.1, -0.05) is 35.9 Å². The molecule has 0 aliphatic heterocycles. The molecule has 134 valence electrons. The number of benzene rings is 2. The van der Waals surface area contributed by atoms with E-state index in [4.69, 9.17) is 4.74 Å². The van der Waals surface area contributed by atoms with E-state index in [2.05, 4.69) is 10.3 Å². The second kappa shape index (κ2) is 7.33. The van der Waals surface area contributed by atoms with Crippen LogP contribution in [0.1, 0.15) is 5.56 Å². The molecule has 1 amide bonds. The van der Waals surface area contributed by atoms with Crippen LogP contribution in [0.3, 0.4) is 0 Å². The molecular formula is C22H19N3O2. The van der Waals surface area contributed by atoms with Crippen molar-refractivity contribution in [2.45, 2.75) is 6.92 Å². The number of aromatic nitrogens is 2. The average Bonchev–Trinajstić information content (AvgIpc) is 3.12. The normalized spacial score (nSPS) is 10.7. The van der Waals surface area contributed by atoms with Gasteiger partial charge in [0.1, 0.15) is 11.4 Å². The Balaban J connectivity index is 1.44. The Morgan fingerprint density at radius 1 is 1.07 bits per heavy atom. The number of ether oxygens (including phenoxy) is 1. The van der Waals surface area contributed by atoms with Gasteiger partial charge < -0.3 is 14.5 Å². The summed E-state index contributed by atoms with van der Waals surface area (Å²) in [5.74, 6) is 0.469. The predicted octanol–water partition coefficient (Wildman–Crippen LogP) is 4.33. The zero-order valence-corrected chi connectivity index (χ0v) is 14.9. The van der Waals surface area contributed by atoms with E-state index >= 15 is 0 Å². The second-order valence-electron chi connectivity index (χ2n) is 6.32. The third-order valence-electron chi connectivity index (χ3n) is 4.20. The molecule has 0 atom stereocenters. The maximum Gasteiger partial charge on any atom is 0.262 e. The second-order valence-corrected chi connectivity index (χ2v) is 6.32. The highest BCUT2D eigenvalue weighted by atomic mass is 16.5. The molecule has 4 aromatic rings. The van der Waals surface area contributed by atoms with Gasteiger partial charge in [0, 0.05) is 23.6 Å². The van der Waals surface area contributed by atoms with Gasteiger partial charge in [0.25, 0.3) is 5.91 Å². The number of nitrogens with zero attached hydrogens (tertiary/aromatic N) is 2. The van der Waals surface area contributed by atoms with E-state index < -0.39 is 0 Å². The van der Waals surface area contributed by atoms with Gasteiger partial charge in [-0.15, -0.1) is 0 Å². The zero-order valence-electron chi connectivity index (χ0n) is 14.9. The Bertz CT molecular complexity index is 1050. The van der Waals surface area contributed by atoms with Gasteiger partial charge >= 0.3 is 0 Å². The van der Waals surface area contributed by atoms with E-state index in [0.717, 1.165) is 22.5 Å².